The van der Waals surface area contributed by atoms with E-state index in [4.69, 9.17) is 0 Å². The molecule has 1 aliphatic heterocycles. The number of hydrogen-bond acceptors (Lipinski definition) is 3. The lowest BCUT2D eigenvalue weighted by Gasteiger charge is -2.22. The predicted octanol–water partition coefficient (Wildman–Crippen LogP) is 2.37. The van der Waals surface area contributed by atoms with Crippen molar-refractivity contribution in [3.05, 3.63) is 66.7 Å². The van der Waals surface area contributed by atoms with Crippen LogP contribution in [0.5, 0.6) is 0 Å². The number of sulfonamides is 1. The molecule has 2 aromatic carbocycles. The van der Waals surface area contributed by atoms with Crippen molar-refractivity contribution < 1.29 is 18.3 Å². The van der Waals surface area contributed by atoms with Crippen molar-refractivity contribution in [1.29, 1.82) is 0 Å². The Bertz CT molecular complexity index is 859. The molecule has 0 saturated heterocycles. The molecule has 1 unspecified atom stereocenters. The topological polar surface area (TPSA) is 74.7 Å². The molecule has 118 valence electrons. The summed E-state index contributed by atoms with van der Waals surface area (Å²) >= 11 is 0. The summed E-state index contributed by atoms with van der Waals surface area (Å²) in [4.78, 5) is 11.4. The highest BCUT2D eigenvalue weighted by Gasteiger charge is 2.37. The minimum atomic E-state index is -3.92. The van der Waals surface area contributed by atoms with E-state index in [1.54, 1.807) is 24.3 Å². The zero-order valence-electron chi connectivity index (χ0n) is 12.2. The molecule has 0 fully saturated rings. The average Bonchev–Trinajstić information content (AvgIpc) is 3.06. The summed E-state index contributed by atoms with van der Waals surface area (Å²) in [7, 11) is -3.92. The Balaban J connectivity index is 2.10. The molecule has 0 bridgehead atoms. The van der Waals surface area contributed by atoms with Crippen molar-refractivity contribution in [3.8, 4) is 11.1 Å². The molecule has 1 heterocycles. The molecule has 23 heavy (non-hydrogen) atoms. The van der Waals surface area contributed by atoms with Gasteiger partial charge in [-0.2, -0.15) is 4.31 Å². The highest BCUT2D eigenvalue weighted by molar-refractivity contribution is 7.89. The van der Waals surface area contributed by atoms with Gasteiger partial charge in [0.05, 0.1) is 4.90 Å². The standard InChI is InChI=1S/C17H15NO4S/c19-17(20)15-10-6-12-18(15)23(21,22)16-11-5-4-9-14(16)13-7-2-1-3-8-13/h1-11,15H,12H2,(H,19,20). The monoisotopic (exact) mass is 329 g/mol. The zero-order valence-corrected chi connectivity index (χ0v) is 13.0. The normalized spacial score (nSPS) is 18.2. The van der Waals surface area contributed by atoms with E-state index in [1.807, 2.05) is 30.3 Å². The first-order valence-corrected chi connectivity index (χ1v) is 8.51. The molecule has 6 heteroatoms. The minimum Gasteiger partial charge on any atom is -0.480 e. The highest BCUT2D eigenvalue weighted by atomic mass is 32.2. The van der Waals surface area contributed by atoms with Crippen molar-refractivity contribution in [3.63, 3.8) is 0 Å². The maximum absolute atomic E-state index is 13.0. The van der Waals surface area contributed by atoms with Crippen molar-refractivity contribution in [2.45, 2.75) is 10.9 Å². The first-order valence-electron chi connectivity index (χ1n) is 7.07. The van der Waals surface area contributed by atoms with Gasteiger partial charge in [-0.3, -0.25) is 4.79 Å². The van der Waals surface area contributed by atoms with Crippen LogP contribution in [0, 0.1) is 0 Å². The Labute approximate surface area is 134 Å². The zero-order chi connectivity index (χ0) is 16.4. The van der Waals surface area contributed by atoms with Crippen LogP contribution in [0.25, 0.3) is 11.1 Å². The first-order chi connectivity index (χ1) is 11.0. The van der Waals surface area contributed by atoms with E-state index in [0.29, 0.717) is 5.56 Å². The second-order valence-electron chi connectivity index (χ2n) is 5.15. The fourth-order valence-corrected chi connectivity index (χ4v) is 4.34. The number of carbonyl (C=O) groups is 1. The highest BCUT2D eigenvalue weighted by Crippen LogP contribution is 2.31. The number of rotatable bonds is 4. The molecule has 0 radical (unpaired) electrons. The SMILES string of the molecule is O=C(O)C1C=CCN1S(=O)(=O)c1ccccc1-c1ccccc1. The van der Waals surface area contributed by atoms with Crippen LogP contribution in [-0.4, -0.2) is 36.4 Å². The van der Waals surface area contributed by atoms with Crippen molar-refractivity contribution in [1.82, 2.24) is 4.31 Å². The Kier molecular flexibility index (Phi) is 4.02. The molecule has 1 atom stereocenters. The van der Waals surface area contributed by atoms with Gasteiger partial charge in [-0.05, 0) is 11.6 Å². The van der Waals surface area contributed by atoms with Gasteiger partial charge in [0.2, 0.25) is 10.0 Å². The van der Waals surface area contributed by atoms with Gasteiger partial charge in [0.1, 0.15) is 6.04 Å². The van der Waals surface area contributed by atoms with Crippen LogP contribution >= 0.6 is 0 Å². The molecular formula is C17H15NO4S. The maximum Gasteiger partial charge on any atom is 0.326 e. The van der Waals surface area contributed by atoms with Crippen LogP contribution in [0.15, 0.2) is 71.6 Å². The van der Waals surface area contributed by atoms with Crippen LogP contribution < -0.4 is 0 Å². The van der Waals surface area contributed by atoms with Crippen molar-refractivity contribution in [2.24, 2.45) is 0 Å². The second-order valence-corrected chi connectivity index (χ2v) is 7.01. The number of nitrogens with zero attached hydrogens (tertiary/aromatic N) is 1. The van der Waals surface area contributed by atoms with E-state index in [-0.39, 0.29) is 11.4 Å². The van der Waals surface area contributed by atoms with E-state index in [0.717, 1.165) is 9.87 Å². The molecular weight excluding hydrogens is 314 g/mol. The molecule has 1 N–H and O–H groups in total. The minimum absolute atomic E-state index is 0.0580. The van der Waals surface area contributed by atoms with Gasteiger partial charge in [-0.25, -0.2) is 8.42 Å². The van der Waals surface area contributed by atoms with Gasteiger partial charge in [0.15, 0.2) is 0 Å². The molecule has 0 saturated carbocycles. The molecule has 1 aliphatic rings. The van der Waals surface area contributed by atoms with Gasteiger partial charge < -0.3 is 5.11 Å². The lowest BCUT2D eigenvalue weighted by molar-refractivity contribution is -0.139. The van der Waals surface area contributed by atoms with E-state index >= 15 is 0 Å². The van der Waals surface area contributed by atoms with Gasteiger partial charge >= 0.3 is 5.97 Å². The number of hydrogen-bond donors (Lipinski definition) is 1. The van der Waals surface area contributed by atoms with Gasteiger partial charge in [-0.1, -0.05) is 60.7 Å². The molecule has 0 amide bonds. The van der Waals surface area contributed by atoms with Crippen molar-refractivity contribution in [2.75, 3.05) is 6.54 Å². The fraction of sp³-hybridized carbons (Fsp3) is 0.118. The summed E-state index contributed by atoms with van der Waals surface area (Å²) in [6.45, 7) is 0.0580. The average molecular weight is 329 g/mol. The smallest absolute Gasteiger partial charge is 0.326 e. The Morgan fingerprint density at radius 3 is 2.39 bits per heavy atom. The van der Waals surface area contributed by atoms with Crippen LogP contribution in [0.4, 0.5) is 0 Å². The molecule has 5 nitrogen and oxygen atoms in total. The molecule has 0 aromatic heterocycles. The van der Waals surface area contributed by atoms with E-state index in [1.165, 1.54) is 12.1 Å². The lowest BCUT2D eigenvalue weighted by atomic mass is 10.1. The van der Waals surface area contributed by atoms with Crippen LogP contribution in [-0.2, 0) is 14.8 Å². The molecule has 2 aromatic rings. The van der Waals surface area contributed by atoms with Crippen LogP contribution in [0.1, 0.15) is 0 Å². The third-order valence-corrected chi connectivity index (χ3v) is 5.63. The van der Waals surface area contributed by atoms with Gasteiger partial charge in [-0.15, -0.1) is 0 Å². The second kappa shape index (κ2) is 5.98. The summed E-state index contributed by atoms with van der Waals surface area (Å²) in [6, 6.07) is 14.6. The summed E-state index contributed by atoms with van der Waals surface area (Å²) in [5, 5.41) is 9.22. The molecule has 0 aliphatic carbocycles. The lowest BCUT2D eigenvalue weighted by Crippen LogP contribution is -2.40. The van der Waals surface area contributed by atoms with E-state index in [9.17, 15) is 18.3 Å². The van der Waals surface area contributed by atoms with Gasteiger partial charge in [0, 0.05) is 12.1 Å². The van der Waals surface area contributed by atoms with Crippen molar-refractivity contribution >= 4 is 16.0 Å². The summed E-state index contributed by atoms with van der Waals surface area (Å²) in [5.41, 5.74) is 1.33. The summed E-state index contributed by atoms with van der Waals surface area (Å²) in [5.74, 6) is -1.18. The number of benzene rings is 2. The quantitative estimate of drug-likeness (QED) is 0.874. The summed E-state index contributed by atoms with van der Waals surface area (Å²) < 4.78 is 26.9. The molecule has 3 rings (SSSR count). The Hall–Kier alpha value is -2.44. The number of carboxylic acid groups (broad SMARTS) is 1. The third kappa shape index (κ3) is 2.78. The van der Waals surface area contributed by atoms with Crippen LogP contribution in [0.2, 0.25) is 0 Å². The number of aliphatic carboxylic acids is 1. The largest absolute Gasteiger partial charge is 0.480 e. The first kappa shape index (κ1) is 15.5. The van der Waals surface area contributed by atoms with Gasteiger partial charge in [0.25, 0.3) is 0 Å². The van der Waals surface area contributed by atoms with Crippen LogP contribution in [0.3, 0.4) is 0 Å². The predicted molar refractivity (Wildman–Crippen MR) is 86.3 cm³/mol. The maximum atomic E-state index is 13.0. The Morgan fingerprint density at radius 1 is 1.04 bits per heavy atom. The Morgan fingerprint density at radius 2 is 1.70 bits per heavy atom. The fourth-order valence-electron chi connectivity index (χ4n) is 2.63. The summed E-state index contributed by atoms with van der Waals surface area (Å²) in [6.07, 6.45) is 2.95. The number of carboxylic acids is 1. The molecule has 0 spiro atoms. The third-order valence-electron chi connectivity index (χ3n) is 3.73. The van der Waals surface area contributed by atoms with E-state index in [2.05, 4.69) is 0 Å². The van der Waals surface area contributed by atoms with E-state index < -0.39 is 22.0 Å².